The Morgan fingerprint density at radius 2 is 2.44 bits per heavy atom. The summed E-state index contributed by atoms with van der Waals surface area (Å²) in [4.78, 5) is 4.06. The van der Waals surface area contributed by atoms with E-state index in [0.717, 1.165) is 31.6 Å². The van der Waals surface area contributed by atoms with Crippen LogP contribution < -0.4 is 5.73 Å². The van der Waals surface area contributed by atoms with Crippen molar-refractivity contribution in [2.75, 3.05) is 0 Å². The van der Waals surface area contributed by atoms with Gasteiger partial charge in [-0.1, -0.05) is 5.16 Å². The molecule has 0 saturated carbocycles. The number of hydrogen-bond acceptors (Lipinski definition) is 4. The second-order valence-electron chi connectivity index (χ2n) is 4.94. The van der Waals surface area contributed by atoms with Gasteiger partial charge in [0, 0.05) is 30.4 Å². The smallest absolute Gasteiger partial charge is 0.213 e. The summed E-state index contributed by atoms with van der Waals surface area (Å²) in [6, 6.07) is 2.44. The zero-order valence-corrected chi connectivity index (χ0v) is 10.6. The minimum atomic E-state index is 0.207. The summed E-state index contributed by atoms with van der Waals surface area (Å²) in [5, 5.41) is 3.85. The number of aromatic nitrogens is 3. The Morgan fingerprint density at radius 1 is 1.56 bits per heavy atom. The molecule has 0 aliphatic heterocycles. The Balaban J connectivity index is 1.83. The summed E-state index contributed by atoms with van der Waals surface area (Å²) in [5.74, 6) is 0.761. The predicted octanol–water partition coefficient (Wildman–Crippen LogP) is 1.76. The van der Waals surface area contributed by atoms with Gasteiger partial charge in [-0.3, -0.25) is 0 Å². The molecule has 0 radical (unpaired) electrons. The Morgan fingerprint density at radius 3 is 3.22 bits per heavy atom. The normalized spacial score (nSPS) is 18.9. The van der Waals surface area contributed by atoms with E-state index in [-0.39, 0.29) is 6.04 Å². The third kappa shape index (κ3) is 1.95. The second kappa shape index (κ2) is 4.57. The first kappa shape index (κ1) is 11.5. The van der Waals surface area contributed by atoms with Gasteiger partial charge in [-0.05, 0) is 37.8 Å². The van der Waals surface area contributed by atoms with Crippen molar-refractivity contribution in [2.24, 2.45) is 5.73 Å². The summed E-state index contributed by atoms with van der Waals surface area (Å²) in [5.41, 5.74) is 10.2. The maximum Gasteiger partial charge on any atom is 0.213 e. The number of nitrogens with zero attached hydrogens (tertiary/aromatic N) is 3. The summed E-state index contributed by atoms with van der Waals surface area (Å²) in [6.45, 7) is 3.04. The van der Waals surface area contributed by atoms with E-state index in [4.69, 9.17) is 10.3 Å². The molecule has 0 aromatic carbocycles. The van der Waals surface area contributed by atoms with Crippen molar-refractivity contribution in [1.82, 2.24) is 14.7 Å². The molecule has 1 unspecified atom stereocenters. The predicted molar refractivity (Wildman–Crippen MR) is 67.0 cm³/mol. The van der Waals surface area contributed by atoms with Crippen LogP contribution in [0, 0.1) is 6.92 Å². The molecule has 1 aliphatic rings. The molecule has 1 atom stereocenters. The molecule has 2 N–H and O–H groups in total. The average molecular weight is 246 g/mol. The lowest BCUT2D eigenvalue weighted by Crippen LogP contribution is -2.18. The summed E-state index contributed by atoms with van der Waals surface area (Å²) in [6.07, 6.45) is 5.58. The van der Waals surface area contributed by atoms with E-state index in [2.05, 4.69) is 27.7 Å². The molecule has 5 nitrogen and oxygen atoms in total. The van der Waals surface area contributed by atoms with Gasteiger partial charge in [0.1, 0.15) is 0 Å². The number of hydrogen-bond donors (Lipinski definition) is 1. The topological polar surface area (TPSA) is 69.9 Å². The monoisotopic (exact) mass is 246 g/mol. The maximum atomic E-state index is 6.17. The highest BCUT2D eigenvalue weighted by Gasteiger charge is 2.21. The fraction of sp³-hybridized carbons (Fsp3) is 0.538. The van der Waals surface area contributed by atoms with Crippen LogP contribution in [0.15, 0.2) is 17.0 Å². The largest absolute Gasteiger partial charge is 0.348 e. The van der Waals surface area contributed by atoms with Crippen LogP contribution in [0.2, 0.25) is 0 Å². The van der Waals surface area contributed by atoms with E-state index in [9.17, 15) is 0 Å². The van der Waals surface area contributed by atoms with Crippen LogP contribution in [-0.2, 0) is 19.4 Å². The molecule has 18 heavy (non-hydrogen) atoms. The van der Waals surface area contributed by atoms with E-state index in [0.29, 0.717) is 0 Å². The summed E-state index contributed by atoms with van der Waals surface area (Å²) >= 11 is 0. The van der Waals surface area contributed by atoms with Crippen molar-refractivity contribution in [2.45, 2.75) is 45.2 Å². The van der Waals surface area contributed by atoms with E-state index < -0.39 is 0 Å². The molecule has 2 heterocycles. The van der Waals surface area contributed by atoms with E-state index in [1.165, 1.54) is 29.8 Å². The fourth-order valence-electron chi connectivity index (χ4n) is 2.83. The van der Waals surface area contributed by atoms with E-state index in [1.54, 1.807) is 0 Å². The molecule has 2 aromatic rings. The van der Waals surface area contributed by atoms with E-state index in [1.807, 2.05) is 0 Å². The van der Waals surface area contributed by atoms with Gasteiger partial charge in [0.25, 0.3) is 0 Å². The highest BCUT2D eigenvalue weighted by Crippen LogP contribution is 2.30. The first-order valence-corrected chi connectivity index (χ1v) is 6.45. The molecule has 1 aliphatic carbocycles. The van der Waals surface area contributed by atoms with Crippen LogP contribution in [0.3, 0.4) is 0 Å². The van der Waals surface area contributed by atoms with Crippen LogP contribution in [-0.4, -0.2) is 14.7 Å². The molecular weight excluding hydrogens is 228 g/mol. The van der Waals surface area contributed by atoms with Crippen molar-refractivity contribution in [1.29, 1.82) is 0 Å². The van der Waals surface area contributed by atoms with Gasteiger partial charge in [0.2, 0.25) is 6.39 Å². The van der Waals surface area contributed by atoms with Crippen LogP contribution in [0.5, 0.6) is 0 Å². The summed E-state index contributed by atoms with van der Waals surface area (Å²) in [7, 11) is 0. The van der Waals surface area contributed by atoms with Crippen LogP contribution in [0.25, 0.3) is 0 Å². The third-order valence-corrected chi connectivity index (χ3v) is 3.74. The number of rotatable bonds is 3. The quantitative estimate of drug-likeness (QED) is 0.895. The number of fused-ring (bicyclic) bond motifs is 1. The molecule has 3 rings (SSSR count). The molecule has 0 saturated heterocycles. The zero-order chi connectivity index (χ0) is 12.5. The summed E-state index contributed by atoms with van der Waals surface area (Å²) < 4.78 is 7.11. The SMILES string of the molecule is Cc1cc2c(n1CCc1ncon1)CCCC2N. The molecule has 96 valence electrons. The second-order valence-corrected chi connectivity index (χ2v) is 4.94. The standard InChI is InChI=1S/C13H18N4O/c1-9-7-10-11(14)3-2-4-12(10)17(9)6-5-13-15-8-18-16-13/h7-8,11H,2-6,14H2,1H3. The average Bonchev–Trinajstić information content (AvgIpc) is 2.95. The minimum absolute atomic E-state index is 0.207. The zero-order valence-electron chi connectivity index (χ0n) is 10.6. The van der Waals surface area contributed by atoms with Crippen molar-refractivity contribution in [3.05, 3.63) is 35.2 Å². The lowest BCUT2D eigenvalue weighted by Gasteiger charge is -2.21. The highest BCUT2D eigenvalue weighted by molar-refractivity contribution is 5.32. The lowest BCUT2D eigenvalue weighted by molar-refractivity contribution is 0.407. The van der Waals surface area contributed by atoms with Gasteiger partial charge in [0.15, 0.2) is 5.82 Å². The van der Waals surface area contributed by atoms with Gasteiger partial charge in [-0.2, -0.15) is 4.98 Å². The number of nitrogens with two attached hydrogens (primary N) is 1. The van der Waals surface area contributed by atoms with Gasteiger partial charge < -0.3 is 14.8 Å². The van der Waals surface area contributed by atoms with Crippen LogP contribution in [0.4, 0.5) is 0 Å². The Kier molecular flexibility index (Phi) is 2.91. The first-order chi connectivity index (χ1) is 8.75. The molecule has 5 heteroatoms. The van der Waals surface area contributed by atoms with Crippen molar-refractivity contribution in [3.8, 4) is 0 Å². The molecule has 0 bridgehead atoms. The Labute approximate surface area is 106 Å². The van der Waals surface area contributed by atoms with Crippen LogP contribution >= 0.6 is 0 Å². The van der Waals surface area contributed by atoms with Gasteiger partial charge in [-0.25, -0.2) is 0 Å². The first-order valence-electron chi connectivity index (χ1n) is 6.45. The van der Waals surface area contributed by atoms with E-state index >= 15 is 0 Å². The lowest BCUT2D eigenvalue weighted by atomic mass is 9.93. The maximum absolute atomic E-state index is 6.17. The Bertz CT molecular complexity index is 529. The fourth-order valence-corrected chi connectivity index (χ4v) is 2.83. The van der Waals surface area contributed by atoms with Crippen molar-refractivity contribution in [3.63, 3.8) is 0 Å². The minimum Gasteiger partial charge on any atom is -0.348 e. The van der Waals surface area contributed by atoms with Gasteiger partial charge >= 0.3 is 0 Å². The molecule has 0 fully saturated rings. The van der Waals surface area contributed by atoms with Crippen molar-refractivity contribution >= 4 is 0 Å². The third-order valence-electron chi connectivity index (χ3n) is 3.74. The molecule has 0 amide bonds. The molecule has 2 aromatic heterocycles. The molecular formula is C13H18N4O. The van der Waals surface area contributed by atoms with Gasteiger partial charge in [-0.15, -0.1) is 0 Å². The van der Waals surface area contributed by atoms with Crippen LogP contribution in [0.1, 0.15) is 41.7 Å². The number of aryl methyl sites for hydroxylation is 2. The highest BCUT2D eigenvalue weighted by atomic mass is 16.5. The van der Waals surface area contributed by atoms with Gasteiger partial charge in [0.05, 0.1) is 0 Å². The molecule has 0 spiro atoms. The Hall–Kier alpha value is -1.62. The van der Waals surface area contributed by atoms with Crippen molar-refractivity contribution < 1.29 is 4.52 Å².